The Hall–Kier alpha value is -3.70. The average Bonchev–Trinajstić information content (AvgIpc) is 3.28. The van der Waals surface area contributed by atoms with Gasteiger partial charge in [-0.15, -0.1) is 0 Å². The van der Waals surface area contributed by atoms with Gasteiger partial charge in [0.25, 0.3) is 10.0 Å². The van der Waals surface area contributed by atoms with Crippen LogP contribution < -0.4 is 4.74 Å². The molecule has 11 heteroatoms. The molecule has 7 nitrogen and oxygen atoms in total. The summed E-state index contributed by atoms with van der Waals surface area (Å²) in [7, 11) is -4.03. The predicted molar refractivity (Wildman–Crippen MR) is 149 cm³/mol. The predicted octanol–water partition coefficient (Wildman–Crippen LogP) is 6.55. The van der Waals surface area contributed by atoms with E-state index in [1.54, 1.807) is 12.1 Å². The highest BCUT2D eigenvalue weighted by molar-refractivity contribution is 7.90. The summed E-state index contributed by atoms with van der Waals surface area (Å²) in [6.07, 6.45) is 5.18. The molecule has 1 saturated carbocycles. The second kappa shape index (κ2) is 10.9. The van der Waals surface area contributed by atoms with Gasteiger partial charge in [-0.25, -0.2) is 30.5 Å². The van der Waals surface area contributed by atoms with Crippen molar-refractivity contribution in [1.29, 1.82) is 0 Å². The van der Waals surface area contributed by atoms with Crippen molar-refractivity contribution in [2.24, 2.45) is 0 Å². The van der Waals surface area contributed by atoms with Crippen molar-refractivity contribution in [3.63, 3.8) is 0 Å². The van der Waals surface area contributed by atoms with Crippen LogP contribution in [-0.2, 0) is 26.0 Å². The smallest absolute Gasteiger partial charge is 0.269 e. The van der Waals surface area contributed by atoms with Gasteiger partial charge in [0, 0.05) is 25.2 Å². The van der Waals surface area contributed by atoms with Crippen LogP contribution in [0.2, 0.25) is 0 Å². The summed E-state index contributed by atoms with van der Waals surface area (Å²) in [5, 5.41) is 0.371. The number of fused-ring (bicyclic) bond motifs is 1. The number of ether oxygens (including phenoxy) is 2. The zero-order chi connectivity index (χ0) is 29.6. The van der Waals surface area contributed by atoms with E-state index < -0.39 is 33.1 Å². The first kappa shape index (κ1) is 28.4. The van der Waals surface area contributed by atoms with Crippen LogP contribution >= 0.6 is 0 Å². The number of benzene rings is 2. The molecule has 0 unspecified atom stereocenters. The summed E-state index contributed by atoms with van der Waals surface area (Å²) >= 11 is 0. The number of alkyl halides is 1. The van der Waals surface area contributed by atoms with Crippen LogP contribution in [0, 0.1) is 18.6 Å². The monoisotopic (exact) mass is 598 g/mol. The van der Waals surface area contributed by atoms with E-state index in [1.807, 2.05) is 6.92 Å². The SMILES string of the molecule is Cc1ccc(S(=O)(=O)n2cc(C3CCC3)c3c(Oc4c(F)cc(CC(=O)CCC5(F)COC5)cc4F)ccnc32)cc1. The first-order valence-electron chi connectivity index (χ1n) is 13.8. The van der Waals surface area contributed by atoms with Crippen LogP contribution in [0.15, 0.2) is 59.8 Å². The van der Waals surface area contributed by atoms with Gasteiger partial charge in [0.1, 0.15) is 11.5 Å². The molecule has 220 valence electrons. The number of hydrogen-bond donors (Lipinski definition) is 0. The van der Waals surface area contributed by atoms with Crippen LogP contribution in [0.3, 0.4) is 0 Å². The molecule has 0 bridgehead atoms. The number of ketones is 1. The number of hydrogen-bond acceptors (Lipinski definition) is 6. The molecule has 6 rings (SSSR count). The van der Waals surface area contributed by atoms with E-state index in [1.165, 1.54) is 30.6 Å². The Morgan fingerprint density at radius 1 is 1.12 bits per heavy atom. The number of rotatable bonds is 10. The van der Waals surface area contributed by atoms with Gasteiger partial charge < -0.3 is 9.47 Å². The Kier molecular flexibility index (Phi) is 7.34. The molecule has 1 aliphatic carbocycles. The number of aryl methyl sites for hydroxylation is 1. The zero-order valence-electron chi connectivity index (χ0n) is 22.9. The molecule has 0 atom stereocenters. The molecule has 2 aromatic heterocycles. The largest absolute Gasteiger partial charge is 0.450 e. The van der Waals surface area contributed by atoms with E-state index in [-0.39, 0.29) is 66.0 Å². The van der Waals surface area contributed by atoms with E-state index in [4.69, 9.17) is 9.47 Å². The Labute approximate surface area is 241 Å². The van der Waals surface area contributed by atoms with E-state index in [2.05, 4.69) is 4.98 Å². The normalized spacial score (nSPS) is 16.7. The minimum Gasteiger partial charge on any atom is -0.450 e. The minimum absolute atomic E-state index is 0.00135. The Bertz CT molecular complexity index is 1760. The summed E-state index contributed by atoms with van der Waals surface area (Å²) in [6, 6.07) is 9.94. The van der Waals surface area contributed by atoms with E-state index in [0.717, 1.165) is 40.9 Å². The van der Waals surface area contributed by atoms with Crippen LogP contribution in [0.5, 0.6) is 11.5 Å². The standard InChI is InChI=1S/C31H29F3N2O5S/c1-19-5-7-23(8-6-19)42(38,39)36-16-24(21-3-2-4-21)28-27(10-12-35-30(28)36)41-29-25(32)14-20(15-26(29)33)13-22(37)9-11-31(34)17-40-18-31/h5-8,10,12,14-16,21H,2-4,9,11,13,17-18H2,1H3. The van der Waals surface area contributed by atoms with Crippen LogP contribution in [0.25, 0.3) is 11.0 Å². The third kappa shape index (κ3) is 5.31. The van der Waals surface area contributed by atoms with E-state index >= 15 is 8.78 Å². The Morgan fingerprint density at radius 3 is 2.40 bits per heavy atom. The van der Waals surface area contributed by atoms with Gasteiger partial charge in [0.2, 0.25) is 0 Å². The van der Waals surface area contributed by atoms with E-state index in [0.29, 0.717) is 10.9 Å². The summed E-state index contributed by atoms with van der Waals surface area (Å²) in [6.45, 7) is 1.75. The maximum Gasteiger partial charge on any atom is 0.269 e. The minimum atomic E-state index is -4.03. The lowest BCUT2D eigenvalue weighted by Crippen LogP contribution is -2.45. The first-order chi connectivity index (χ1) is 20.0. The fourth-order valence-electron chi connectivity index (χ4n) is 5.31. The molecule has 42 heavy (non-hydrogen) atoms. The molecule has 2 aliphatic rings. The Morgan fingerprint density at radius 2 is 1.81 bits per heavy atom. The number of nitrogens with zero attached hydrogens (tertiary/aromatic N) is 2. The molecule has 0 N–H and O–H groups in total. The Balaban J connectivity index is 1.32. The molecule has 3 heterocycles. The van der Waals surface area contributed by atoms with Gasteiger partial charge in [-0.1, -0.05) is 24.1 Å². The average molecular weight is 599 g/mol. The molecular formula is C31H29F3N2O5S. The number of halogens is 3. The van der Waals surface area contributed by atoms with Gasteiger partial charge in [-0.3, -0.25) is 4.79 Å². The number of carbonyl (C=O) groups excluding carboxylic acids is 1. The van der Waals surface area contributed by atoms with Gasteiger partial charge in [0.05, 0.1) is 23.5 Å². The maximum atomic E-state index is 15.2. The van der Waals surface area contributed by atoms with Gasteiger partial charge >= 0.3 is 0 Å². The number of pyridine rings is 1. The van der Waals surface area contributed by atoms with Crippen LogP contribution in [0.1, 0.15) is 54.7 Å². The molecule has 0 radical (unpaired) electrons. The third-order valence-corrected chi connectivity index (χ3v) is 9.68. The van der Waals surface area contributed by atoms with Crippen LogP contribution in [-0.4, -0.2) is 42.0 Å². The fourth-order valence-corrected chi connectivity index (χ4v) is 6.64. The molecule has 4 aromatic rings. The summed E-state index contributed by atoms with van der Waals surface area (Å²) < 4.78 is 83.5. The summed E-state index contributed by atoms with van der Waals surface area (Å²) in [5.74, 6) is -2.95. The van der Waals surface area contributed by atoms with Crippen molar-refractivity contribution in [1.82, 2.24) is 8.96 Å². The highest BCUT2D eigenvalue weighted by Gasteiger charge is 2.38. The molecule has 1 saturated heterocycles. The fraction of sp³-hybridized carbons (Fsp3) is 0.355. The quantitative estimate of drug-likeness (QED) is 0.206. The molecule has 0 spiro atoms. The van der Waals surface area contributed by atoms with Gasteiger partial charge in [0.15, 0.2) is 28.7 Å². The molecule has 1 aliphatic heterocycles. The topological polar surface area (TPSA) is 87.5 Å². The van der Waals surface area contributed by atoms with Gasteiger partial charge in [-0.05, 0) is 73.6 Å². The van der Waals surface area contributed by atoms with E-state index in [9.17, 15) is 17.6 Å². The van der Waals surface area contributed by atoms with Crippen molar-refractivity contribution < 1.29 is 35.9 Å². The third-order valence-electron chi connectivity index (χ3n) is 8.01. The molecule has 0 amide bonds. The lowest BCUT2D eigenvalue weighted by molar-refractivity contribution is -0.139. The maximum absolute atomic E-state index is 15.2. The molecule has 2 fully saturated rings. The van der Waals surface area contributed by atoms with Crippen molar-refractivity contribution in [3.8, 4) is 11.5 Å². The molecule has 2 aromatic carbocycles. The number of carbonyl (C=O) groups is 1. The van der Waals surface area contributed by atoms with Crippen LogP contribution in [0.4, 0.5) is 13.2 Å². The highest BCUT2D eigenvalue weighted by Crippen LogP contribution is 2.45. The number of aromatic nitrogens is 2. The number of Topliss-reactive ketones (excluding diaryl/α,β-unsaturated/α-hetero) is 1. The van der Waals surface area contributed by atoms with Crippen molar-refractivity contribution in [3.05, 3.63) is 83.2 Å². The van der Waals surface area contributed by atoms with Crippen molar-refractivity contribution in [2.75, 3.05) is 13.2 Å². The molecular weight excluding hydrogens is 569 g/mol. The zero-order valence-corrected chi connectivity index (χ0v) is 23.7. The van der Waals surface area contributed by atoms with Crippen molar-refractivity contribution >= 4 is 26.8 Å². The van der Waals surface area contributed by atoms with Gasteiger partial charge in [-0.2, -0.15) is 0 Å². The summed E-state index contributed by atoms with van der Waals surface area (Å²) in [4.78, 5) is 16.8. The first-order valence-corrected chi connectivity index (χ1v) is 15.2. The van der Waals surface area contributed by atoms with Crippen molar-refractivity contribution in [2.45, 2.75) is 61.9 Å². The highest BCUT2D eigenvalue weighted by atomic mass is 32.2. The lowest BCUT2D eigenvalue weighted by Gasteiger charge is -2.33. The second-order valence-electron chi connectivity index (χ2n) is 11.2. The summed E-state index contributed by atoms with van der Waals surface area (Å²) in [5.41, 5.74) is 0.273. The second-order valence-corrected chi connectivity index (χ2v) is 13.0. The lowest BCUT2D eigenvalue weighted by atomic mass is 9.80.